The molecule has 0 saturated carbocycles. The normalized spacial score (nSPS) is 10.4. The molecule has 0 atom stereocenters. The Kier molecular flexibility index (Phi) is 3.78. The molecular weight excluding hydrogens is 246 g/mol. The third-order valence-corrected chi connectivity index (χ3v) is 3.24. The Morgan fingerprint density at radius 1 is 1.17 bits per heavy atom. The summed E-state index contributed by atoms with van der Waals surface area (Å²) in [6.07, 6.45) is 0. The number of nitrogens with one attached hydrogen (secondary N) is 1. The van der Waals surface area contributed by atoms with Gasteiger partial charge in [-0.1, -0.05) is 29.8 Å². The topological polar surface area (TPSA) is 32.3 Å². The van der Waals surface area contributed by atoms with Crippen LogP contribution in [0.3, 0.4) is 0 Å². The summed E-state index contributed by atoms with van der Waals surface area (Å²) in [7, 11) is 0. The zero-order valence-corrected chi connectivity index (χ0v) is 11.3. The van der Waals surface area contributed by atoms with Crippen LogP contribution in [0.15, 0.2) is 36.4 Å². The summed E-state index contributed by atoms with van der Waals surface area (Å²) < 4.78 is 0. The minimum Gasteiger partial charge on any atom is -0.507 e. The molecule has 2 aromatic rings. The number of hydrogen-bond acceptors (Lipinski definition) is 2. The summed E-state index contributed by atoms with van der Waals surface area (Å²) in [6, 6.07) is 11.6. The van der Waals surface area contributed by atoms with Crippen molar-refractivity contribution < 1.29 is 5.11 Å². The van der Waals surface area contributed by atoms with Gasteiger partial charge >= 0.3 is 0 Å². The van der Waals surface area contributed by atoms with Crippen molar-refractivity contribution in [3.63, 3.8) is 0 Å². The molecule has 0 amide bonds. The van der Waals surface area contributed by atoms with Crippen molar-refractivity contribution in [1.29, 1.82) is 0 Å². The molecule has 0 bridgehead atoms. The zero-order valence-electron chi connectivity index (χ0n) is 10.5. The van der Waals surface area contributed by atoms with Gasteiger partial charge in [0.1, 0.15) is 5.75 Å². The summed E-state index contributed by atoms with van der Waals surface area (Å²) in [4.78, 5) is 0. The summed E-state index contributed by atoms with van der Waals surface area (Å²) in [5.74, 6) is 0.353. The fourth-order valence-corrected chi connectivity index (χ4v) is 2.08. The molecule has 2 rings (SSSR count). The Hall–Kier alpha value is -1.67. The van der Waals surface area contributed by atoms with Gasteiger partial charge in [0.2, 0.25) is 0 Å². The van der Waals surface area contributed by atoms with E-state index in [0.29, 0.717) is 12.3 Å². The van der Waals surface area contributed by atoms with Gasteiger partial charge in [-0.05, 0) is 43.2 Å². The molecular formula is C15H16ClNO. The van der Waals surface area contributed by atoms with Crippen molar-refractivity contribution >= 4 is 17.3 Å². The monoisotopic (exact) mass is 261 g/mol. The lowest BCUT2D eigenvalue weighted by molar-refractivity contribution is 0.467. The van der Waals surface area contributed by atoms with Gasteiger partial charge in [-0.15, -0.1) is 0 Å². The molecule has 2 nitrogen and oxygen atoms in total. The lowest BCUT2D eigenvalue weighted by atomic mass is 10.1. The Morgan fingerprint density at radius 3 is 2.67 bits per heavy atom. The molecule has 0 radical (unpaired) electrons. The second-order valence-electron chi connectivity index (χ2n) is 4.39. The largest absolute Gasteiger partial charge is 0.507 e. The standard InChI is InChI=1S/C15H16ClNO/c1-10-6-7-14(11(2)15(10)18)17-9-12-4-3-5-13(16)8-12/h3-8,17-18H,9H2,1-2H3. The van der Waals surface area contributed by atoms with Crippen LogP contribution < -0.4 is 5.32 Å². The number of benzene rings is 2. The molecule has 0 spiro atoms. The molecule has 0 fully saturated rings. The minimum atomic E-state index is 0.353. The predicted octanol–water partition coefficient (Wildman–Crippen LogP) is 4.27. The number of hydrogen-bond donors (Lipinski definition) is 2. The van der Waals surface area contributed by atoms with E-state index in [4.69, 9.17) is 11.6 Å². The van der Waals surface area contributed by atoms with Crippen LogP contribution in [0.2, 0.25) is 5.02 Å². The number of phenols is 1. The van der Waals surface area contributed by atoms with Crippen LogP contribution in [0, 0.1) is 13.8 Å². The third-order valence-electron chi connectivity index (χ3n) is 3.00. The second-order valence-corrected chi connectivity index (χ2v) is 4.82. The highest BCUT2D eigenvalue weighted by Crippen LogP contribution is 2.28. The van der Waals surface area contributed by atoms with E-state index in [1.807, 2.05) is 50.2 Å². The lowest BCUT2D eigenvalue weighted by Crippen LogP contribution is -2.01. The first kappa shape index (κ1) is 12.8. The lowest BCUT2D eigenvalue weighted by Gasteiger charge is -2.12. The molecule has 0 aliphatic carbocycles. The van der Waals surface area contributed by atoms with Crippen LogP contribution in [0.5, 0.6) is 5.75 Å². The number of phenolic OH excluding ortho intramolecular Hbond substituents is 1. The van der Waals surface area contributed by atoms with Crippen LogP contribution in [-0.2, 0) is 6.54 Å². The van der Waals surface area contributed by atoms with Crippen molar-refractivity contribution in [1.82, 2.24) is 0 Å². The van der Waals surface area contributed by atoms with Crippen molar-refractivity contribution in [3.05, 3.63) is 58.1 Å². The van der Waals surface area contributed by atoms with E-state index in [-0.39, 0.29) is 0 Å². The number of aryl methyl sites for hydroxylation is 1. The molecule has 2 aromatic carbocycles. The summed E-state index contributed by atoms with van der Waals surface area (Å²) in [5.41, 5.74) is 3.82. The Balaban J connectivity index is 2.14. The van der Waals surface area contributed by atoms with Crippen molar-refractivity contribution in [3.8, 4) is 5.75 Å². The van der Waals surface area contributed by atoms with Gasteiger partial charge < -0.3 is 10.4 Å². The third kappa shape index (κ3) is 2.77. The van der Waals surface area contributed by atoms with Gasteiger partial charge in [0, 0.05) is 22.8 Å². The van der Waals surface area contributed by atoms with E-state index < -0.39 is 0 Å². The zero-order chi connectivity index (χ0) is 13.1. The molecule has 18 heavy (non-hydrogen) atoms. The van der Waals surface area contributed by atoms with E-state index in [1.54, 1.807) is 0 Å². The summed E-state index contributed by atoms with van der Waals surface area (Å²) in [5, 5.41) is 13.9. The van der Waals surface area contributed by atoms with E-state index in [2.05, 4.69) is 5.32 Å². The molecule has 0 aliphatic heterocycles. The highest BCUT2D eigenvalue weighted by atomic mass is 35.5. The van der Waals surface area contributed by atoms with E-state index in [0.717, 1.165) is 27.4 Å². The Morgan fingerprint density at radius 2 is 1.94 bits per heavy atom. The Bertz CT molecular complexity index is 566. The maximum absolute atomic E-state index is 9.87. The second kappa shape index (κ2) is 5.32. The van der Waals surface area contributed by atoms with Gasteiger partial charge in [0.25, 0.3) is 0 Å². The highest BCUT2D eigenvalue weighted by molar-refractivity contribution is 6.30. The molecule has 2 N–H and O–H groups in total. The maximum atomic E-state index is 9.87. The molecule has 0 heterocycles. The summed E-state index contributed by atoms with van der Waals surface area (Å²) >= 11 is 5.94. The van der Waals surface area contributed by atoms with Gasteiger partial charge in [-0.2, -0.15) is 0 Å². The SMILES string of the molecule is Cc1ccc(NCc2cccc(Cl)c2)c(C)c1O. The number of aromatic hydroxyl groups is 1. The quantitative estimate of drug-likeness (QED) is 0.865. The van der Waals surface area contributed by atoms with Crippen LogP contribution in [0.1, 0.15) is 16.7 Å². The minimum absolute atomic E-state index is 0.353. The van der Waals surface area contributed by atoms with E-state index >= 15 is 0 Å². The number of anilines is 1. The average Bonchev–Trinajstić information content (AvgIpc) is 2.35. The van der Waals surface area contributed by atoms with Crippen LogP contribution in [-0.4, -0.2) is 5.11 Å². The molecule has 0 unspecified atom stereocenters. The highest BCUT2D eigenvalue weighted by Gasteiger charge is 2.05. The molecule has 0 aromatic heterocycles. The smallest absolute Gasteiger partial charge is 0.123 e. The van der Waals surface area contributed by atoms with Crippen molar-refractivity contribution in [2.24, 2.45) is 0 Å². The fraction of sp³-hybridized carbons (Fsp3) is 0.200. The van der Waals surface area contributed by atoms with Gasteiger partial charge in [0.15, 0.2) is 0 Å². The first-order valence-electron chi connectivity index (χ1n) is 5.85. The van der Waals surface area contributed by atoms with Crippen LogP contribution >= 0.6 is 11.6 Å². The summed E-state index contributed by atoms with van der Waals surface area (Å²) in [6.45, 7) is 4.48. The predicted molar refractivity (Wildman–Crippen MR) is 76.4 cm³/mol. The average molecular weight is 262 g/mol. The fourth-order valence-electron chi connectivity index (χ4n) is 1.87. The van der Waals surface area contributed by atoms with Crippen LogP contribution in [0.4, 0.5) is 5.69 Å². The van der Waals surface area contributed by atoms with Gasteiger partial charge in [-0.25, -0.2) is 0 Å². The maximum Gasteiger partial charge on any atom is 0.123 e. The van der Waals surface area contributed by atoms with Crippen molar-refractivity contribution in [2.45, 2.75) is 20.4 Å². The Labute approximate surface area is 112 Å². The molecule has 0 saturated heterocycles. The molecule has 3 heteroatoms. The number of halogens is 1. The van der Waals surface area contributed by atoms with Gasteiger partial charge in [0.05, 0.1) is 0 Å². The van der Waals surface area contributed by atoms with E-state index in [1.165, 1.54) is 0 Å². The van der Waals surface area contributed by atoms with Crippen molar-refractivity contribution in [2.75, 3.05) is 5.32 Å². The molecule has 94 valence electrons. The number of rotatable bonds is 3. The van der Waals surface area contributed by atoms with Gasteiger partial charge in [-0.3, -0.25) is 0 Å². The van der Waals surface area contributed by atoms with E-state index in [9.17, 15) is 5.11 Å². The first-order valence-corrected chi connectivity index (χ1v) is 6.23. The molecule has 0 aliphatic rings. The first-order chi connectivity index (χ1) is 8.58. The van der Waals surface area contributed by atoms with Crippen LogP contribution in [0.25, 0.3) is 0 Å².